The predicted octanol–water partition coefficient (Wildman–Crippen LogP) is 2.82. The van der Waals surface area contributed by atoms with Crippen LogP contribution in [0.2, 0.25) is 0 Å². The Kier molecular flexibility index (Phi) is 11.9. The summed E-state index contributed by atoms with van der Waals surface area (Å²) in [5.74, 6) is -0.666. The summed E-state index contributed by atoms with van der Waals surface area (Å²) in [4.78, 5) is 22.7. The summed E-state index contributed by atoms with van der Waals surface area (Å²) in [6.07, 6.45) is -1.90. The molecule has 1 fully saturated rings. The maximum atomic E-state index is 11.7. The molecule has 11 heteroatoms. The predicted molar refractivity (Wildman–Crippen MR) is 116 cm³/mol. The molecule has 0 amide bonds. The van der Waals surface area contributed by atoms with Gasteiger partial charge in [-0.05, 0) is 41.5 Å². The number of nitriles is 1. The van der Waals surface area contributed by atoms with E-state index >= 15 is 0 Å². The molecule has 1 aliphatic rings. The molecule has 0 spiro atoms. The molecule has 0 saturated carbocycles. The second-order valence-corrected chi connectivity index (χ2v) is 9.13. The maximum Gasteiger partial charge on any atom is 0.308 e. The molecule has 0 bridgehead atoms. The average molecular weight is 457 g/mol. The normalized spacial score (nSPS) is 24.9. The van der Waals surface area contributed by atoms with Crippen LogP contribution in [0.4, 0.5) is 0 Å². The Balaban J connectivity index is 2.88. The minimum absolute atomic E-state index is 0.0308. The summed E-state index contributed by atoms with van der Waals surface area (Å²) in [6, 6.07) is 1.35. The summed E-state index contributed by atoms with van der Waals surface area (Å²) in [7, 11) is 4.45. The molecule has 0 aromatic heterocycles. The molecule has 0 aliphatic carbocycles. The van der Waals surface area contributed by atoms with Crippen molar-refractivity contribution in [1.29, 1.82) is 5.26 Å². The molecule has 1 aliphatic heterocycles. The highest BCUT2D eigenvalue weighted by molar-refractivity contribution is 7.44. The van der Waals surface area contributed by atoms with Crippen molar-refractivity contribution < 1.29 is 34.2 Å². The number of ether oxygens (including phenoxy) is 3. The first-order chi connectivity index (χ1) is 15.1. The summed E-state index contributed by atoms with van der Waals surface area (Å²) in [5, 5.41) is 8.87. The van der Waals surface area contributed by atoms with Crippen LogP contribution in [0.5, 0.6) is 0 Å². The molecular formula is C20H34BN2O7P. The molecule has 174 valence electrons. The largest absolute Gasteiger partial charge is 0.438 e. The lowest BCUT2D eigenvalue weighted by Gasteiger charge is -2.38. The highest BCUT2D eigenvalue weighted by Crippen LogP contribution is 2.49. The van der Waals surface area contributed by atoms with Crippen molar-refractivity contribution >= 4 is 28.1 Å². The Hall–Kier alpha value is -1.08. The molecule has 1 rings (SSSR count). The molecule has 1 saturated heterocycles. The van der Waals surface area contributed by atoms with Gasteiger partial charge in [-0.25, -0.2) is 4.67 Å². The van der Waals surface area contributed by atoms with E-state index in [0.29, 0.717) is 0 Å². The van der Waals surface area contributed by atoms with Crippen LogP contribution >= 0.6 is 8.53 Å². The van der Waals surface area contributed by atoms with Crippen molar-refractivity contribution in [1.82, 2.24) is 4.67 Å². The Labute approximate surface area is 189 Å². The van der Waals surface area contributed by atoms with Crippen LogP contribution in [0.15, 0.2) is 0 Å². The van der Waals surface area contributed by atoms with Crippen LogP contribution in [-0.4, -0.2) is 74.1 Å². The molecule has 0 aromatic carbocycles. The molecule has 31 heavy (non-hydrogen) atoms. The van der Waals surface area contributed by atoms with Crippen LogP contribution in [0.1, 0.15) is 62.2 Å². The summed E-state index contributed by atoms with van der Waals surface area (Å²) in [6.45, 7) is 9.16. The van der Waals surface area contributed by atoms with Gasteiger partial charge < -0.3 is 28.1 Å². The minimum atomic E-state index is -1.61. The zero-order chi connectivity index (χ0) is 24.3. The number of Topliss-reactive ketones (excluding diaryl/α,β-unsaturated/α-hetero) is 1. The monoisotopic (exact) mass is 457 g/mol. The lowest BCUT2D eigenvalue weighted by Crippen LogP contribution is -2.40. The van der Waals surface area contributed by atoms with Gasteiger partial charge in [-0.1, -0.05) is 0 Å². The van der Waals surface area contributed by atoms with Crippen molar-refractivity contribution in [3.05, 3.63) is 0 Å². The number of ketones is 1. The Morgan fingerprint density at radius 3 is 2.48 bits per heavy atom. The second kappa shape index (κ2) is 14.2. The third-order valence-corrected chi connectivity index (χ3v) is 6.51. The van der Waals surface area contributed by atoms with E-state index in [0.717, 1.165) is 0 Å². The van der Waals surface area contributed by atoms with Gasteiger partial charge in [0.05, 0.1) is 31.6 Å². The molecule has 2 radical (unpaired) electrons. The smallest absolute Gasteiger partial charge is 0.308 e. The number of carbonyl (C=O) groups is 2. The van der Waals surface area contributed by atoms with Crippen molar-refractivity contribution in [3.63, 3.8) is 0 Å². The molecule has 5 atom stereocenters. The third-order valence-electron chi connectivity index (χ3n) is 4.38. The van der Waals surface area contributed by atoms with Crippen molar-refractivity contribution in [2.24, 2.45) is 0 Å². The van der Waals surface area contributed by atoms with Crippen LogP contribution in [0, 0.1) is 11.3 Å². The number of hydrogen-bond acceptors (Lipinski definition) is 9. The number of esters is 1. The summed E-state index contributed by atoms with van der Waals surface area (Å²) in [5.41, 5.74) is 0. The van der Waals surface area contributed by atoms with Crippen molar-refractivity contribution in [2.45, 2.75) is 97.2 Å². The van der Waals surface area contributed by atoms with E-state index in [1.165, 1.54) is 6.92 Å². The maximum absolute atomic E-state index is 11.7. The topological polar surface area (TPSA) is 107 Å². The van der Waals surface area contributed by atoms with Crippen LogP contribution in [0.3, 0.4) is 0 Å². The van der Waals surface area contributed by atoms with Gasteiger partial charge in [0.1, 0.15) is 25.8 Å². The summed E-state index contributed by atoms with van der Waals surface area (Å²) >= 11 is 0. The third kappa shape index (κ3) is 9.52. The second-order valence-electron chi connectivity index (χ2n) is 7.72. The zero-order valence-corrected chi connectivity index (χ0v) is 19.9. The Bertz CT molecular complexity index is 630. The zero-order valence-electron chi connectivity index (χ0n) is 20.0. The van der Waals surface area contributed by atoms with Gasteiger partial charge >= 0.3 is 5.97 Å². The van der Waals surface area contributed by atoms with Gasteiger partial charge in [-0.2, -0.15) is 5.26 Å². The van der Waals surface area contributed by atoms with Gasteiger partial charge in [0.2, 0.25) is 0 Å². The summed E-state index contributed by atoms with van der Waals surface area (Å²) < 4.78 is 38.4. The number of carbonyl (C=O) groups excluding carboxylic acids is 2. The highest BCUT2D eigenvalue weighted by Gasteiger charge is 2.44. The number of hydrogen-bond donors (Lipinski definition) is 0. The fourth-order valence-electron chi connectivity index (χ4n) is 3.00. The van der Waals surface area contributed by atoms with Gasteiger partial charge in [-0.3, -0.25) is 4.79 Å². The first-order valence-corrected chi connectivity index (χ1v) is 11.5. The quantitative estimate of drug-likeness (QED) is 0.128. The standard InChI is InChI=1S/C20H34BN2O7P/c1-13(2)23(14(3)4)31(28-11-7-10-22)30-18-16(6)29-20(21)19(18)27-12-26-17(25)9-8-15(5)24/h13-14,16,18-20H,7-9,11-12H2,1-6H3/t16-,18?,19+,20-,31?/m1/s1/i6D. The molecule has 2 unspecified atom stereocenters. The number of rotatable bonds is 14. The van der Waals surface area contributed by atoms with E-state index in [-0.39, 0.29) is 57.4 Å². The Morgan fingerprint density at radius 1 is 1.26 bits per heavy atom. The van der Waals surface area contributed by atoms with Gasteiger partial charge in [0.15, 0.2) is 6.79 Å². The average Bonchev–Trinajstić information content (AvgIpc) is 3.00. The van der Waals surface area contributed by atoms with Crippen LogP contribution < -0.4 is 0 Å². The first-order valence-electron chi connectivity index (χ1n) is 11.0. The van der Waals surface area contributed by atoms with Gasteiger partial charge in [0.25, 0.3) is 8.53 Å². The molecule has 0 N–H and O–H groups in total. The molecule has 0 aromatic rings. The van der Waals surface area contributed by atoms with E-state index in [2.05, 4.69) is 4.67 Å². The molecular weight excluding hydrogens is 422 g/mol. The first kappa shape index (κ1) is 26.2. The van der Waals surface area contributed by atoms with Gasteiger partial charge in [0, 0.05) is 25.9 Å². The molecule has 1 heterocycles. The van der Waals surface area contributed by atoms with Crippen LogP contribution in [-0.2, 0) is 32.8 Å². The van der Waals surface area contributed by atoms with Crippen molar-refractivity contribution in [3.8, 4) is 6.07 Å². The van der Waals surface area contributed by atoms with Crippen LogP contribution in [0.25, 0.3) is 0 Å². The van der Waals surface area contributed by atoms with Gasteiger partial charge in [-0.15, -0.1) is 0 Å². The Morgan fingerprint density at radius 2 is 1.94 bits per heavy atom. The fourth-order valence-corrected chi connectivity index (χ4v) is 4.77. The molecule has 9 nitrogen and oxygen atoms in total. The van der Waals surface area contributed by atoms with E-state index in [1.54, 1.807) is 0 Å². The lowest BCUT2D eigenvalue weighted by molar-refractivity contribution is -0.165. The fraction of sp³-hybridized carbons (Fsp3) is 0.850. The van der Waals surface area contributed by atoms with E-state index < -0.39 is 38.8 Å². The van der Waals surface area contributed by atoms with E-state index in [1.807, 2.05) is 33.8 Å². The highest BCUT2D eigenvalue weighted by atomic mass is 31.2. The lowest BCUT2D eigenvalue weighted by atomic mass is 9.93. The minimum Gasteiger partial charge on any atom is -0.438 e. The van der Waals surface area contributed by atoms with E-state index in [4.69, 9.17) is 37.7 Å². The van der Waals surface area contributed by atoms with Crippen molar-refractivity contribution in [2.75, 3.05) is 13.4 Å². The SMILES string of the molecule is [2H]C[C@H]1O[C@@H]([B])[C@@H](OCOC(=O)CCC(C)=O)C1OP(OCCC#N)N(C(C)C)C(C)C. The number of nitrogens with zero attached hydrogens (tertiary/aromatic N) is 2. The van der Waals surface area contributed by atoms with E-state index in [9.17, 15) is 9.59 Å².